The van der Waals surface area contributed by atoms with E-state index < -0.39 is 0 Å². The quantitative estimate of drug-likeness (QED) is 0.850. The van der Waals surface area contributed by atoms with Crippen LogP contribution in [0.4, 0.5) is 5.82 Å². The molecule has 0 aliphatic carbocycles. The van der Waals surface area contributed by atoms with Crippen LogP contribution in [0.5, 0.6) is 0 Å². The molecule has 1 aliphatic heterocycles. The van der Waals surface area contributed by atoms with Gasteiger partial charge in [0.15, 0.2) is 0 Å². The minimum absolute atomic E-state index is 0. The van der Waals surface area contributed by atoms with Crippen LogP contribution < -0.4 is 5.73 Å². The van der Waals surface area contributed by atoms with Gasteiger partial charge >= 0.3 is 0 Å². The highest BCUT2D eigenvalue weighted by atomic mass is 35.5. The molecule has 1 aromatic rings. The van der Waals surface area contributed by atoms with Crippen molar-refractivity contribution in [1.82, 2.24) is 14.9 Å². The molecule has 0 aromatic carbocycles. The second kappa shape index (κ2) is 6.99. The summed E-state index contributed by atoms with van der Waals surface area (Å²) < 4.78 is 0. The molecule has 17 heavy (non-hydrogen) atoms. The number of likely N-dealkylation sites (N-methyl/N-ethyl adjacent to an activating group) is 1. The first kappa shape index (κ1) is 16.4. The molecular formula is C11H20Cl2N4. The lowest BCUT2D eigenvalue weighted by molar-refractivity contribution is 0.227. The van der Waals surface area contributed by atoms with Crippen LogP contribution in [-0.4, -0.2) is 34.0 Å². The van der Waals surface area contributed by atoms with Crippen molar-refractivity contribution in [3.05, 3.63) is 17.6 Å². The topological polar surface area (TPSA) is 55.0 Å². The molecular weight excluding hydrogens is 259 g/mol. The molecule has 2 N–H and O–H groups in total. The maximum Gasteiger partial charge on any atom is 0.142 e. The first-order valence-corrected chi connectivity index (χ1v) is 5.55. The average molecular weight is 279 g/mol. The van der Waals surface area contributed by atoms with Gasteiger partial charge in [-0.3, -0.25) is 4.98 Å². The number of hydrogen-bond donors (Lipinski definition) is 1. The van der Waals surface area contributed by atoms with Crippen molar-refractivity contribution in [1.29, 1.82) is 0 Å². The molecule has 0 radical (unpaired) electrons. The third-order valence-electron chi connectivity index (χ3n) is 3.10. The van der Waals surface area contributed by atoms with Crippen molar-refractivity contribution in [2.24, 2.45) is 0 Å². The van der Waals surface area contributed by atoms with Crippen molar-refractivity contribution in [3.8, 4) is 0 Å². The first-order chi connectivity index (χ1) is 7.20. The number of nitrogens with two attached hydrogens (primary N) is 1. The highest BCUT2D eigenvalue weighted by molar-refractivity contribution is 5.85. The van der Waals surface area contributed by atoms with Gasteiger partial charge in [-0.15, -0.1) is 24.8 Å². The zero-order chi connectivity index (χ0) is 10.8. The van der Waals surface area contributed by atoms with Crippen molar-refractivity contribution < 1.29 is 0 Å². The van der Waals surface area contributed by atoms with Gasteiger partial charge in [0.1, 0.15) is 5.82 Å². The number of halogens is 2. The number of nitrogen functional groups attached to an aromatic ring is 1. The smallest absolute Gasteiger partial charge is 0.142 e. The maximum absolute atomic E-state index is 5.66. The Balaban J connectivity index is 0.00000128. The van der Waals surface area contributed by atoms with Crippen LogP contribution in [-0.2, 0) is 12.8 Å². The molecule has 0 saturated carbocycles. The number of rotatable bonds is 1. The second-order valence-electron chi connectivity index (χ2n) is 4.12. The predicted octanol–water partition coefficient (Wildman–Crippen LogP) is 1.71. The van der Waals surface area contributed by atoms with Gasteiger partial charge in [0.2, 0.25) is 0 Å². The van der Waals surface area contributed by atoms with Gasteiger partial charge < -0.3 is 10.6 Å². The summed E-state index contributed by atoms with van der Waals surface area (Å²) in [5, 5.41) is 0. The van der Waals surface area contributed by atoms with Crippen LogP contribution in [0.1, 0.15) is 25.2 Å². The van der Waals surface area contributed by atoms with E-state index in [1.807, 2.05) is 0 Å². The zero-order valence-electron chi connectivity index (χ0n) is 10.2. The minimum Gasteiger partial charge on any atom is -0.382 e. The van der Waals surface area contributed by atoms with Crippen molar-refractivity contribution in [3.63, 3.8) is 0 Å². The Morgan fingerprint density at radius 2 is 2.12 bits per heavy atom. The third kappa shape index (κ3) is 3.69. The lowest BCUT2D eigenvalue weighted by atomic mass is 10.1. The van der Waals surface area contributed by atoms with E-state index in [0.717, 1.165) is 37.3 Å². The zero-order valence-corrected chi connectivity index (χ0v) is 11.9. The van der Waals surface area contributed by atoms with Crippen LogP contribution in [0, 0.1) is 0 Å². The fraction of sp³-hybridized carbons (Fsp3) is 0.636. The largest absolute Gasteiger partial charge is 0.382 e. The van der Waals surface area contributed by atoms with Crippen LogP contribution in [0.15, 0.2) is 6.20 Å². The van der Waals surface area contributed by atoms with Crippen molar-refractivity contribution in [2.45, 2.75) is 32.7 Å². The number of fused-ring (bicyclic) bond motifs is 1. The Kier molecular flexibility index (Phi) is 6.75. The van der Waals surface area contributed by atoms with Crippen molar-refractivity contribution in [2.75, 3.05) is 18.8 Å². The molecule has 6 heteroatoms. The number of nitrogens with zero attached hydrogens (tertiary/aromatic N) is 3. The van der Waals surface area contributed by atoms with Gasteiger partial charge in [-0.1, -0.05) is 6.92 Å². The Labute approximate surface area is 115 Å². The molecule has 1 atom stereocenters. The summed E-state index contributed by atoms with van der Waals surface area (Å²) in [4.78, 5) is 11.2. The van der Waals surface area contributed by atoms with Crippen LogP contribution >= 0.6 is 24.8 Å². The first-order valence-electron chi connectivity index (χ1n) is 5.55. The standard InChI is InChI=1S/C11H18N4.2ClH/c1-3-15-5-4-9-10(6-8(15)2)14-11(12)7-13-9;;/h7-8H,3-6H2,1-2H3,(H2,12,14);2*1H. The lowest BCUT2D eigenvalue weighted by Crippen LogP contribution is -2.34. The Bertz CT molecular complexity index is 359. The van der Waals surface area contributed by atoms with E-state index in [1.165, 1.54) is 0 Å². The summed E-state index contributed by atoms with van der Waals surface area (Å²) in [5.41, 5.74) is 7.86. The normalized spacial score (nSPS) is 19.5. The maximum atomic E-state index is 5.66. The summed E-state index contributed by atoms with van der Waals surface area (Å²) >= 11 is 0. The lowest BCUT2D eigenvalue weighted by Gasteiger charge is -2.24. The highest BCUT2D eigenvalue weighted by Crippen LogP contribution is 2.16. The molecule has 0 fully saturated rings. The summed E-state index contributed by atoms with van der Waals surface area (Å²) in [7, 11) is 0. The molecule has 1 unspecified atom stereocenters. The molecule has 2 rings (SSSR count). The molecule has 98 valence electrons. The van der Waals surface area contributed by atoms with Gasteiger partial charge in [-0.2, -0.15) is 0 Å². The van der Waals surface area contributed by atoms with Crippen LogP contribution in [0.2, 0.25) is 0 Å². The molecule has 0 spiro atoms. The van der Waals surface area contributed by atoms with E-state index in [4.69, 9.17) is 5.73 Å². The highest BCUT2D eigenvalue weighted by Gasteiger charge is 2.20. The van der Waals surface area contributed by atoms with Crippen LogP contribution in [0.3, 0.4) is 0 Å². The summed E-state index contributed by atoms with van der Waals surface area (Å²) in [6.45, 7) is 6.60. The van der Waals surface area contributed by atoms with E-state index >= 15 is 0 Å². The Hall–Kier alpha value is -0.580. The van der Waals surface area contributed by atoms with E-state index in [-0.39, 0.29) is 24.8 Å². The number of hydrogen-bond acceptors (Lipinski definition) is 4. The monoisotopic (exact) mass is 278 g/mol. The molecule has 0 amide bonds. The Morgan fingerprint density at radius 3 is 2.76 bits per heavy atom. The van der Waals surface area contributed by atoms with E-state index in [2.05, 4.69) is 28.7 Å². The van der Waals surface area contributed by atoms with Gasteiger partial charge in [-0.05, 0) is 13.5 Å². The van der Waals surface area contributed by atoms with Gasteiger partial charge in [0.25, 0.3) is 0 Å². The fourth-order valence-corrected chi connectivity index (χ4v) is 2.19. The van der Waals surface area contributed by atoms with Crippen LogP contribution in [0.25, 0.3) is 0 Å². The van der Waals surface area contributed by atoms with E-state index in [1.54, 1.807) is 6.20 Å². The summed E-state index contributed by atoms with van der Waals surface area (Å²) in [6.07, 6.45) is 3.60. The molecule has 4 nitrogen and oxygen atoms in total. The van der Waals surface area contributed by atoms with Crippen molar-refractivity contribution >= 4 is 30.6 Å². The number of anilines is 1. The van der Waals surface area contributed by atoms with Gasteiger partial charge in [-0.25, -0.2) is 4.98 Å². The average Bonchev–Trinajstić information content (AvgIpc) is 2.35. The molecule has 0 saturated heterocycles. The summed E-state index contributed by atoms with van der Waals surface area (Å²) in [5.74, 6) is 0.533. The molecule has 2 heterocycles. The fourth-order valence-electron chi connectivity index (χ4n) is 2.19. The molecule has 1 aliphatic rings. The van der Waals surface area contributed by atoms with E-state index in [0.29, 0.717) is 11.9 Å². The van der Waals surface area contributed by atoms with E-state index in [9.17, 15) is 0 Å². The molecule has 0 bridgehead atoms. The second-order valence-corrected chi connectivity index (χ2v) is 4.12. The number of aromatic nitrogens is 2. The third-order valence-corrected chi connectivity index (χ3v) is 3.10. The Morgan fingerprint density at radius 1 is 1.41 bits per heavy atom. The summed E-state index contributed by atoms with van der Waals surface area (Å²) in [6, 6.07) is 0.535. The predicted molar refractivity (Wildman–Crippen MR) is 75.1 cm³/mol. The molecule has 1 aromatic heterocycles. The minimum atomic E-state index is 0. The SMILES string of the molecule is CCN1CCc2ncc(N)nc2CC1C.Cl.Cl. The van der Waals surface area contributed by atoms with Gasteiger partial charge in [0, 0.05) is 25.4 Å². The van der Waals surface area contributed by atoms with Gasteiger partial charge in [0.05, 0.1) is 17.6 Å².